The first kappa shape index (κ1) is 25.9. The Morgan fingerprint density at radius 1 is 1.00 bits per heavy atom. The molecule has 0 spiro atoms. The number of hydrogen-bond donors (Lipinski definition) is 1. The molecule has 1 saturated heterocycles. The second-order valence-corrected chi connectivity index (χ2v) is 11.3. The molecule has 0 unspecified atom stereocenters. The maximum Gasteiger partial charge on any atom is 0.258 e. The molecule has 4 aromatic rings. The van der Waals surface area contributed by atoms with Crippen molar-refractivity contribution in [1.82, 2.24) is 9.73 Å². The predicted molar refractivity (Wildman–Crippen MR) is 149 cm³/mol. The van der Waals surface area contributed by atoms with Crippen LogP contribution in [0.25, 0.3) is 10.8 Å². The summed E-state index contributed by atoms with van der Waals surface area (Å²) in [6.07, 6.45) is 2.53. The molecule has 0 aromatic heterocycles. The Morgan fingerprint density at radius 3 is 2.53 bits per heavy atom. The highest BCUT2D eigenvalue weighted by molar-refractivity contribution is 7.89. The Morgan fingerprint density at radius 2 is 1.74 bits per heavy atom. The molecule has 1 atom stereocenters. The monoisotopic (exact) mass is 547 g/mol. The van der Waals surface area contributed by atoms with E-state index in [1.807, 2.05) is 42.5 Å². The summed E-state index contributed by atoms with van der Waals surface area (Å²) in [6.45, 7) is 0.717. The molecular formula is C29H26ClN3O4S. The van der Waals surface area contributed by atoms with Gasteiger partial charge in [-0.1, -0.05) is 54.1 Å². The quantitative estimate of drug-likeness (QED) is 0.237. The Kier molecular flexibility index (Phi) is 7.74. The number of fused-ring (bicyclic) bond motifs is 1. The molecule has 1 N–H and O–H groups in total. The molecule has 0 bridgehead atoms. The van der Waals surface area contributed by atoms with Crippen LogP contribution >= 0.6 is 11.6 Å². The second-order valence-electron chi connectivity index (χ2n) is 8.96. The van der Waals surface area contributed by atoms with Crippen molar-refractivity contribution in [1.29, 1.82) is 0 Å². The van der Waals surface area contributed by atoms with Gasteiger partial charge >= 0.3 is 0 Å². The van der Waals surface area contributed by atoms with Gasteiger partial charge in [0.1, 0.15) is 18.4 Å². The van der Waals surface area contributed by atoms with E-state index in [2.05, 4.69) is 34.8 Å². The molecule has 5 rings (SSSR count). The number of amides is 1. The fourth-order valence-corrected chi connectivity index (χ4v) is 6.29. The minimum atomic E-state index is -3.82. The van der Waals surface area contributed by atoms with E-state index in [0.29, 0.717) is 30.2 Å². The van der Waals surface area contributed by atoms with E-state index in [1.54, 1.807) is 0 Å². The third-order valence-corrected chi connectivity index (χ3v) is 8.64. The Labute approximate surface area is 226 Å². The molecule has 9 heteroatoms. The number of carbonyl (C=O) groups excluding carboxylic acids is 1. The van der Waals surface area contributed by atoms with Crippen LogP contribution in [0.4, 0.5) is 0 Å². The van der Waals surface area contributed by atoms with Crippen molar-refractivity contribution in [3.05, 3.63) is 107 Å². The second kappa shape index (κ2) is 11.3. The lowest BCUT2D eigenvalue weighted by molar-refractivity contribution is -0.124. The number of rotatable bonds is 8. The van der Waals surface area contributed by atoms with Gasteiger partial charge in [0.15, 0.2) is 0 Å². The van der Waals surface area contributed by atoms with Crippen molar-refractivity contribution in [3.63, 3.8) is 0 Å². The highest BCUT2D eigenvalue weighted by Gasteiger charge is 2.39. The van der Waals surface area contributed by atoms with Crippen molar-refractivity contribution in [2.24, 2.45) is 5.10 Å². The van der Waals surface area contributed by atoms with E-state index < -0.39 is 22.0 Å². The molecule has 1 fully saturated rings. The number of hydrazone groups is 1. The van der Waals surface area contributed by atoms with Gasteiger partial charge in [-0.2, -0.15) is 9.41 Å². The van der Waals surface area contributed by atoms with Crippen molar-refractivity contribution in [2.45, 2.75) is 30.4 Å². The van der Waals surface area contributed by atoms with E-state index in [1.165, 1.54) is 40.2 Å². The summed E-state index contributed by atoms with van der Waals surface area (Å²) in [5, 5.41) is 6.82. The summed E-state index contributed by atoms with van der Waals surface area (Å²) in [4.78, 5) is 12.9. The average molecular weight is 548 g/mol. The predicted octanol–water partition coefficient (Wildman–Crippen LogP) is 5.38. The number of nitrogens with zero attached hydrogens (tertiary/aromatic N) is 2. The van der Waals surface area contributed by atoms with Crippen LogP contribution in [0.1, 0.15) is 24.0 Å². The van der Waals surface area contributed by atoms with Crippen LogP contribution in [0.3, 0.4) is 0 Å². The maximum atomic E-state index is 13.0. The largest absolute Gasteiger partial charge is 0.489 e. The zero-order valence-corrected chi connectivity index (χ0v) is 22.0. The van der Waals surface area contributed by atoms with Crippen molar-refractivity contribution < 1.29 is 17.9 Å². The molecule has 0 radical (unpaired) electrons. The summed E-state index contributed by atoms with van der Waals surface area (Å²) in [6, 6.07) is 26.8. The molecule has 1 amide bonds. The lowest BCUT2D eigenvalue weighted by atomic mass is 10.1. The summed E-state index contributed by atoms with van der Waals surface area (Å²) in [7, 11) is -3.82. The van der Waals surface area contributed by atoms with Gasteiger partial charge in [0.25, 0.3) is 5.91 Å². The molecule has 1 heterocycles. The van der Waals surface area contributed by atoms with Gasteiger partial charge in [0.05, 0.1) is 11.1 Å². The number of nitrogens with one attached hydrogen (secondary N) is 1. The van der Waals surface area contributed by atoms with Gasteiger partial charge in [-0.05, 0) is 83.3 Å². The highest BCUT2D eigenvalue weighted by Crippen LogP contribution is 2.27. The van der Waals surface area contributed by atoms with Crippen LogP contribution < -0.4 is 10.2 Å². The fourth-order valence-electron chi connectivity index (χ4n) is 4.51. The van der Waals surface area contributed by atoms with E-state index >= 15 is 0 Å². The number of ether oxygens (including phenoxy) is 1. The van der Waals surface area contributed by atoms with E-state index in [-0.39, 0.29) is 11.4 Å². The lowest BCUT2D eigenvalue weighted by Crippen LogP contribution is -2.44. The van der Waals surface area contributed by atoms with Crippen LogP contribution in [0, 0.1) is 0 Å². The smallest absolute Gasteiger partial charge is 0.258 e. The summed E-state index contributed by atoms with van der Waals surface area (Å²) in [5.74, 6) is 0.249. The Hall–Kier alpha value is -3.72. The first-order chi connectivity index (χ1) is 18.4. The Bertz CT molecular complexity index is 1570. The fraction of sp³-hybridized carbons (Fsp3) is 0.172. The number of carbonyl (C=O) groups is 1. The minimum Gasteiger partial charge on any atom is -0.489 e. The Balaban J connectivity index is 1.17. The van der Waals surface area contributed by atoms with E-state index in [4.69, 9.17) is 16.3 Å². The number of sulfonamides is 1. The molecule has 7 nitrogen and oxygen atoms in total. The summed E-state index contributed by atoms with van der Waals surface area (Å²) >= 11 is 5.88. The first-order valence-corrected chi connectivity index (χ1v) is 14.0. The van der Waals surface area contributed by atoms with Crippen molar-refractivity contribution >= 4 is 44.5 Å². The van der Waals surface area contributed by atoms with Gasteiger partial charge in [-0.25, -0.2) is 13.8 Å². The molecule has 0 aliphatic carbocycles. The topological polar surface area (TPSA) is 88.1 Å². The standard InChI is InChI=1S/C29H26ClN3O4S/c30-24-12-16-26(17-13-24)38(35,36)33-18-4-9-28(33)29(34)32-31-19-21-10-14-25(15-11-21)37-20-23-7-3-6-22-5-1-2-8-27(22)23/h1-3,5-8,10-17,19,28H,4,9,18,20H2,(H,32,34)/b31-19-/t28-/m1/s1. The van der Waals surface area contributed by atoms with Crippen LogP contribution in [0.15, 0.2) is 101 Å². The average Bonchev–Trinajstić information content (AvgIpc) is 3.44. The SMILES string of the molecule is O=C(N/N=C\c1ccc(OCc2cccc3ccccc23)cc1)[C@H]1CCCN1S(=O)(=O)c1ccc(Cl)cc1. The third kappa shape index (κ3) is 5.72. The molecule has 0 saturated carbocycles. The summed E-state index contributed by atoms with van der Waals surface area (Å²) < 4.78 is 33.3. The number of hydrogen-bond acceptors (Lipinski definition) is 5. The zero-order chi connectivity index (χ0) is 26.5. The van der Waals surface area contributed by atoms with Crippen LogP contribution in [-0.2, 0) is 21.4 Å². The third-order valence-electron chi connectivity index (χ3n) is 6.47. The first-order valence-electron chi connectivity index (χ1n) is 12.2. The number of halogens is 1. The van der Waals surface area contributed by atoms with Crippen molar-refractivity contribution in [3.8, 4) is 5.75 Å². The van der Waals surface area contributed by atoms with Gasteiger partial charge < -0.3 is 4.74 Å². The zero-order valence-electron chi connectivity index (χ0n) is 20.5. The van der Waals surface area contributed by atoms with Crippen LogP contribution in [0.2, 0.25) is 5.02 Å². The van der Waals surface area contributed by atoms with Gasteiger partial charge in [-0.3, -0.25) is 4.79 Å². The lowest BCUT2D eigenvalue weighted by Gasteiger charge is -2.22. The molecule has 4 aromatic carbocycles. The molecule has 38 heavy (non-hydrogen) atoms. The highest BCUT2D eigenvalue weighted by atomic mass is 35.5. The molecule has 1 aliphatic heterocycles. The van der Waals surface area contributed by atoms with E-state index in [9.17, 15) is 13.2 Å². The number of benzene rings is 4. The van der Waals surface area contributed by atoms with Crippen molar-refractivity contribution in [2.75, 3.05) is 6.54 Å². The minimum absolute atomic E-state index is 0.105. The van der Waals surface area contributed by atoms with Gasteiger partial charge in [-0.15, -0.1) is 0 Å². The summed E-state index contributed by atoms with van der Waals surface area (Å²) in [5.41, 5.74) is 4.36. The molecular weight excluding hydrogens is 522 g/mol. The van der Waals surface area contributed by atoms with E-state index in [0.717, 1.165) is 16.5 Å². The van der Waals surface area contributed by atoms with Crippen LogP contribution in [0.5, 0.6) is 5.75 Å². The van der Waals surface area contributed by atoms with Crippen LogP contribution in [-0.4, -0.2) is 37.4 Å². The normalized spacial score (nSPS) is 16.2. The maximum absolute atomic E-state index is 13.0. The molecule has 194 valence electrons. The molecule has 1 aliphatic rings. The van der Waals surface area contributed by atoms with Gasteiger partial charge in [0.2, 0.25) is 10.0 Å². The van der Waals surface area contributed by atoms with Gasteiger partial charge in [0, 0.05) is 11.6 Å².